The average molecular weight is 357 g/mol. The molecule has 1 rings (SSSR count). The van der Waals surface area contributed by atoms with E-state index in [1.165, 1.54) is 6.21 Å². The van der Waals surface area contributed by atoms with Crippen molar-refractivity contribution < 1.29 is 13.2 Å². The quantitative estimate of drug-likeness (QED) is 0.496. The van der Waals surface area contributed by atoms with Gasteiger partial charge in [-0.1, -0.05) is 11.6 Å². The standard InChI is InChI=1S/C14H12ClF3N6/c1-24(2)12(9(6-19)7-20)3-4-22-23-13-11(15)5-10(8-21-13)14(16,17)18/h4-5,8H,3H2,1-2H3,(H,21,23)/b22-4+. The molecule has 0 bridgehead atoms. The molecule has 0 aliphatic carbocycles. The van der Waals surface area contributed by atoms with Crippen molar-refractivity contribution >= 4 is 23.6 Å². The zero-order valence-electron chi connectivity index (χ0n) is 12.7. The van der Waals surface area contributed by atoms with Gasteiger partial charge in [0.2, 0.25) is 0 Å². The van der Waals surface area contributed by atoms with Gasteiger partial charge in [-0.05, 0) is 6.07 Å². The van der Waals surface area contributed by atoms with Crippen LogP contribution in [0.2, 0.25) is 5.02 Å². The van der Waals surface area contributed by atoms with Gasteiger partial charge in [0.25, 0.3) is 0 Å². The summed E-state index contributed by atoms with van der Waals surface area (Å²) in [5, 5.41) is 21.3. The van der Waals surface area contributed by atoms with Crippen molar-refractivity contribution in [2.24, 2.45) is 5.10 Å². The first kappa shape index (κ1) is 19.3. The third-order valence-corrected chi connectivity index (χ3v) is 3.06. The minimum atomic E-state index is -4.53. The van der Waals surface area contributed by atoms with Crippen LogP contribution in [0.5, 0.6) is 0 Å². The number of aromatic nitrogens is 1. The molecule has 10 heteroatoms. The Hall–Kier alpha value is -2.78. The fourth-order valence-corrected chi connectivity index (χ4v) is 1.79. The largest absolute Gasteiger partial charge is 0.417 e. The van der Waals surface area contributed by atoms with Gasteiger partial charge in [-0.25, -0.2) is 4.98 Å². The lowest BCUT2D eigenvalue weighted by atomic mass is 10.2. The Balaban J connectivity index is 2.84. The molecular formula is C14H12ClF3N6. The van der Waals surface area contributed by atoms with Crippen LogP contribution in [0.15, 0.2) is 28.6 Å². The third kappa shape index (κ3) is 5.14. The predicted molar refractivity (Wildman–Crippen MR) is 82.9 cm³/mol. The summed E-state index contributed by atoms with van der Waals surface area (Å²) in [4.78, 5) is 5.15. The number of rotatable bonds is 5. The highest BCUT2D eigenvalue weighted by Crippen LogP contribution is 2.32. The van der Waals surface area contributed by atoms with Crippen molar-refractivity contribution in [3.8, 4) is 12.1 Å². The average Bonchev–Trinajstić information content (AvgIpc) is 2.50. The molecule has 0 spiro atoms. The summed E-state index contributed by atoms with van der Waals surface area (Å²) in [6.07, 6.45) is -2.39. The minimum Gasteiger partial charge on any atom is -0.379 e. The first-order chi connectivity index (χ1) is 11.2. The number of nitriles is 2. The number of hydrazone groups is 1. The molecule has 0 aliphatic heterocycles. The molecule has 24 heavy (non-hydrogen) atoms. The van der Waals surface area contributed by atoms with Crippen molar-refractivity contribution in [2.45, 2.75) is 12.6 Å². The fraction of sp³-hybridized carbons (Fsp3) is 0.286. The second-order valence-corrected chi connectivity index (χ2v) is 5.03. The maximum atomic E-state index is 12.5. The molecule has 0 radical (unpaired) electrons. The number of hydrogen-bond donors (Lipinski definition) is 1. The first-order valence-corrected chi connectivity index (χ1v) is 6.79. The van der Waals surface area contributed by atoms with Gasteiger partial charge in [0.05, 0.1) is 10.6 Å². The second kappa shape index (κ2) is 8.18. The molecule has 0 fully saturated rings. The summed E-state index contributed by atoms with van der Waals surface area (Å²) in [6.45, 7) is 0. The van der Waals surface area contributed by atoms with Crippen LogP contribution in [0, 0.1) is 22.7 Å². The highest BCUT2D eigenvalue weighted by Gasteiger charge is 2.31. The summed E-state index contributed by atoms with van der Waals surface area (Å²) in [6, 6.07) is 4.29. The monoisotopic (exact) mass is 356 g/mol. The van der Waals surface area contributed by atoms with Gasteiger partial charge in [-0.3, -0.25) is 5.43 Å². The topological polar surface area (TPSA) is 88.1 Å². The Morgan fingerprint density at radius 2 is 2.04 bits per heavy atom. The van der Waals surface area contributed by atoms with Gasteiger partial charge in [-0.2, -0.15) is 28.8 Å². The van der Waals surface area contributed by atoms with Crippen LogP contribution in [-0.4, -0.2) is 30.2 Å². The normalized spacial score (nSPS) is 10.8. The zero-order valence-corrected chi connectivity index (χ0v) is 13.4. The van der Waals surface area contributed by atoms with Crippen molar-refractivity contribution in [3.05, 3.63) is 34.1 Å². The number of pyridine rings is 1. The van der Waals surface area contributed by atoms with E-state index in [1.807, 2.05) is 0 Å². The fourth-order valence-electron chi connectivity index (χ4n) is 1.58. The molecule has 0 aromatic carbocycles. The zero-order chi connectivity index (χ0) is 18.3. The molecule has 0 saturated heterocycles. The van der Waals surface area contributed by atoms with Crippen LogP contribution in [0.25, 0.3) is 0 Å². The van der Waals surface area contributed by atoms with Gasteiger partial charge in [-0.15, -0.1) is 0 Å². The summed E-state index contributed by atoms with van der Waals surface area (Å²) in [5.41, 5.74) is 1.83. The number of nitrogens with zero attached hydrogens (tertiary/aromatic N) is 5. The maximum Gasteiger partial charge on any atom is 0.417 e. The van der Waals surface area contributed by atoms with E-state index in [1.54, 1.807) is 31.1 Å². The molecule has 0 atom stereocenters. The van der Waals surface area contributed by atoms with E-state index >= 15 is 0 Å². The summed E-state index contributed by atoms with van der Waals surface area (Å²) in [7, 11) is 3.33. The lowest BCUT2D eigenvalue weighted by molar-refractivity contribution is -0.137. The van der Waals surface area contributed by atoms with E-state index in [0.717, 1.165) is 6.07 Å². The first-order valence-electron chi connectivity index (χ1n) is 6.41. The number of alkyl halides is 3. The van der Waals surface area contributed by atoms with E-state index in [9.17, 15) is 13.2 Å². The van der Waals surface area contributed by atoms with Crippen molar-refractivity contribution in [2.75, 3.05) is 19.5 Å². The number of anilines is 1. The summed E-state index contributed by atoms with van der Waals surface area (Å²) >= 11 is 5.72. The molecule has 0 amide bonds. The molecule has 6 nitrogen and oxygen atoms in total. The van der Waals surface area contributed by atoms with E-state index < -0.39 is 11.7 Å². The van der Waals surface area contributed by atoms with Gasteiger partial charge in [0, 0.05) is 38.6 Å². The van der Waals surface area contributed by atoms with Crippen LogP contribution in [0.1, 0.15) is 12.0 Å². The van der Waals surface area contributed by atoms with Gasteiger partial charge >= 0.3 is 6.18 Å². The number of nitrogens with one attached hydrogen (secondary N) is 1. The summed E-state index contributed by atoms with van der Waals surface area (Å²) in [5.74, 6) is -0.0444. The second-order valence-electron chi connectivity index (χ2n) is 4.62. The molecule has 0 aliphatic rings. The Morgan fingerprint density at radius 3 is 2.50 bits per heavy atom. The molecule has 0 saturated carbocycles. The van der Waals surface area contributed by atoms with E-state index in [2.05, 4.69) is 15.5 Å². The smallest absolute Gasteiger partial charge is 0.379 e. The predicted octanol–water partition coefficient (Wildman–Crippen LogP) is 3.40. The Labute approximate surface area is 141 Å². The number of hydrogen-bond acceptors (Lipinski definition) is 6. The van der Waals surface area contributed by atoms with Crippen LogP contribution < -0.4 is 5.43 Å². The molecule has 1 N–H and O–H groups in total. The van der Waals surface area contributed by atoms with Crippen LogP contribution >= 0.6 is 11.6 Å². The molecule has 1 heterocycles. The molecule has 126 valence electrons. The lowest BCUT2D eigenvalue weighted by Crippen LogP contribution is -2.14. The maximum absolute atomic E-state index is 12.5. The van der Waals surface area contributed by atoms with Crippen molar-refractivity contribution in [3.63, 3.8) is 0 Å². The molecule has 1 aromatic rings. The molecule has 0 unspecified atom stereocenters. The Kier molecular flexibility index (Phi) is 6.57. The molecular weight excluding hydrogens is 345 g/mol. The SMILES string of the molecule is CN(C)C(C/C=N/Nc1ncc(C(F)(F)F)cc1Cl)=C(C#N)C#N. The van der Waals surface area contributed by atoms with E-state index in [0.29, 0.717) is 11.9 Å². The van der Waals surface area contributed by atoms with Crippen LogP contribution in [-0.2, 0) is 6.18 Å². The van der Waals surface area contributed by atoms with Crippen LogP contribution in [0.4, 0.5) is 19.0 Å². The van der Waals surface area contributed by atoms with E-state index in [-0.39, 0.29) is 22.8 Å². The minimum absolute atomic E-state index is 0.0444. The van der Waals surface area contributed by atoms with E-state index in [4.69, 9.17) is 22.1 Å². The number of allylic oxidation sites excluding steroid dienone is 2. The molecule has 1 aromatic heterocycles. The summed E-state index contributed by atoms with van der Waals surface area (Å²) < 4.78 is 37.5. The third-order valence-electron chi connectivity index (χ3n) is 2.77. The number of halogens is 4. The van der Waals surface area contributed by atoms with Crippen LogP contribution in [0.3, 0.4) is 0 Å². The van der Waals surface area contributed by atoms with Gasteiger partial charge in [0.15, 0.2) is 5.82 Å². The highest BCUT2D eigenvalue weighted by atomic mass is 35.5. The Morgan fingerprint density at radius 1 is 1.42 bits per heavy atom. The van der Waals surface area contributed by atoms with Gasteiger partial charge in [0.1, 0.15) is 17.7 Å². The van der Waals surface area contributed by atoms with Crippen molar-refractivity contribution in [1.29, 1.82) is 10.5 Å². The van der Waals surface area contributed by atoms with Crippen molar-refractivity contribution in [1.82, 2.24) is 9.88 Å². The highest BCUT2D eigenvalue weighted by molar-refractivity contribution is 6.32. The van der Waals surface area contributed by atoms with Gasteiger partial charge < -0.3 is 4.90 Å². The Bertz CT molecular complexity index is 724. The lowest BCUT2D eigenvalue weighted by Gasteiger charge is -2.15.